The third-order valence-corrected chi connectivity index (χ3v) is 5.74. The highest BCUT2D eigenvalue weighted by atomic mass is 35.5. The fourth-order valence-corrected chi connectivity index (χ4v) is 4.38. The van der Waals surface area contributed by atoms with Crippen LogP contribution in [0.5, 0.6) is 0 Å². The molecule has 2 saturated heterocycles. The van der Waals surface area contributed by atoms with E-state index in [0.29, 0.717) is 23.7 Å². The lowest BCUT2D eigenvalue weighted by atomic mass is 9.73. The summed E-state index contributed by atoms with van der Waals surface area (Å²) >= 11 is 6.15. The van der Waals surface area contributed by atoms with Crippen LogP contribution in [0.4, 0.5) is 0 Å². The molecule has 0 aromatic carbocycles. The molecule has 0 saturated carbocycles. The van der Waals surface area contributed by atoms with Crippen molar-refractivity contribution in [1.29, 1.82) is 0 Å². The first-order valence-corrected chi connectivity index (χ1v) is 9.58. The number of nitrogens with zero attached hydrogens (tertiary/aromatic N) is 4. The second kappa shape index (κ2) is 7.36. The minimum absolute atomic E-state index is 0.0246. The number of hydrogen-bond acceptors (Lipinski definition) is 3. The van der Waals surface area contributed by atoms with Crippen LogP contribution >= 0.6 is 11.6 Å². The van der Waals surface area contributed by atoms with Crippen molar-refractivity contribution in [3.8, 4) is 0 Å². The van der Waals surface area contributed by atoms with Gasteiger partial charge in [-0.05, 0) is 25.7 Å². The predicted octanol–water partition coefficient (Wildman–Crippen LogP) is 2.72. The summed E-state index contributed by atoms with van der Waals surface area (Å²) in [6.45, 7) is 5.16. The van der Waals surface area contributed by atoms with E-state index in [2.05, 4.69) is 12.0 Å². The first kappa shape index (κ1) is 18.2. The molecular formula is C18H27ClN4O2. The number of rotatable bonds is 4. The minimum Gasteiger partial charge on any atom is -0.342 e. The summed E-state index contributed by atoms with van der Waals surface area (Å²) in [4.78, 5) is 29.0. The van der Waals surface area contributed by atoms with Crippen molar-refractivity contribution >= 4 is 23.4 Å². The van der Waals surface area contributed by atoms with Crippen LogP contribution in [0, 0.1) is 5.41 Å². The van der Waals surface area contributed by atoms with E-state index in [1.54, 1.807) is 17.9 Å². The number of aromatic nitrogens is 2. The van der Waals surface area contributed by atoms with Gasteiger partial charge in [0.1, 0.15) is 0 Å². The second-order valence-corrected chi connectivity index (χ2v) is 7.91. The van der Waals surface area contributed by atoms with Gasteiger partial charge in [-0.3, -0.25) is 14.3 Å². The largest absolute Gasteiger partial charge is 0.342 e. The molecule has 2 aliphatic heterocycles. The highest BCUT2D eigenvalue weighted by Gasteiger charge is 2.43. The lowest BCUT2D eigenvalue weighted by Gasteiger charge is -2.48. The fraction of sp³-hybridized carbons (Fsp3) is 0.722. The van der Waals surface area contributed by atoms with Gasteiger partial charge in [0.15, 0.2) is 5.69 Å². The van der Waals surface area contributed by atoms with Crippen LogP contribution < -0.4 is 0 Å². The number of likely N-dealkylation sites (tertiary alicyclic amines) is 2. The molecule has 25 heavy (non-hydrogen) atoms. The Kier molecular flexibility index (Phi) is 5.37. The summed E-state index contributed by atoms with van der Waals surface area (Å²) in [7, 11) is 1.76. The van der Waals surface area contributed by atoms with Crippen LogP contribution in [0.2, 0.25) is 5.02 Å². The Balaban J connectivity index is 1.72. The van der Waals surface area contributed by atoms with E-state index >= 15 is 0 Å². The topological polar surface area (TPSA) is 58.4 Å². The Hall–Kier alpha value is -1.56. The average Bonchev–Trinajstić information content (AvgIpc) is 2.94. The normalized spacial score (nSPS) is 24.2. The van der Waals surface area contributed by atoms with Gasteiger partial charge in [-0.2, -0.15) is 5.10 Å². The summed E-state index contributed by atoms with van der Waals surface area (Å²) < 4.78 is 1.57. The maximum Gasteiger partial charge on any atom is 0.275 e. The SMILES string of the molecule is CCCCN1C[C@@]2(CCCN(C(=O)c3nn(C)cc3Cl)C2)CCC1=O. The Morgan fingerprint density at radius 2 is 2.16 bits per heavy atom. The van der Waals surface area contributed by atoms with Crippen molar-refractivity contribution in [2.24, 2.45) is 12.5 Å². The van der Waals surface area contributed by atoms with Crippen LogP contribution in [0.1, 0.15) is 55.9 Å². The molecule has 6 nitrogen and oxygen atoms in total. The van der Waals surface area contributed by atoms with Gasteiger partial charge in [-0.1, -0.05) is 24.9 Å². The van der Waals surface area contributed by atoms with E-state index < -0.39 is 0 Å². The summed E-state index contributed by atoms with van der Waals surface area (Å²) in [5.74, 6) is 0.164. The minimum atomic E-state index is -0.0957. The number of aryl methyl sites for hydroxylation is 1. The molecule has 2 aliphatic rings. The molecule has 1 aromatic heterocycles. The zero-order valence-corrected chi connectivity index (χ0v) is 15.9. The molecule has 138 valence electrons. The summed E-state index contributed by atoms with van der Waals surface area (Å²) in [6.07, 6.45) is 7.27. The van der Waals surface area contributed by atoms with Gasteiger partial charge < -0.3 is 9.80 Å². The first-order valence-electron chi connectivity index (χ1n) is 9.20. The summed E-state index contributed by atoms with van der Waals surface area (Å²) in [5, 5.41) is 4.61. The third kappa shape index (κ3) is 3.84. The van der Waals surface area contributed by atoms with Crippen molar-refractivity contribution in [2.75, 3.05) is 26.2 Å². The maximum atomic E-state index is 12.9. The van der Waals surface area contributed by atoms with Gasteiger partial charge in [0.25, 0.3) is 5.91 Å². The van der Waals surface area contributed by atoms with Gasteiger partial charge in [0.2, 0.25) is 5.91 Å². The molecular weight excluding hydrogens is 340 g/mol. The molecule has 7 heteroatoms. The lowest BCUT2D eigenvalue weighted by Crippen LogP contribution is -2.55. The number of piperidine rings is 2. The van der Waals surface area contributed by atoms with Gasteiger partial charge in [-0.15, -0.1) is 0 Å². The predicted molar refractivity (Wildman–Crippen MR) is 96.5 cm³/mol. The van der Waals surface area contributed by atoms with E-state index in [9.17, 15) is 9.59 Å². The van der Waals surface area contributed by atoms with Crippen LogP contribution in [0.25, 0.3) is 0 Å². The molecule has 0 unspecified atom stereocenters. The molecule has 2 amide bonds. The summed E-state index contributed by atoms with van der Waals surface area (Å²) in [5.41, 5.74) is 0.354. The van der Waals surface area contributed by atoms with E-state index in [1.807, 2.05) is 9.80 Å². The standard InChI is InChI=1S/C18H27ClN4O2/c1-3-4-9-22-12-18(8-6-15(22)24)7-5-10-23(13-18)17(25)16-14(19)11-21(2)20-16/h11H,3-10,12-13H2,1-2H3/t18-/m1/s1. The molecule has 0 aliphatic carbocycles. The van der Waals surface area contributed by atoms with Gasteiger partial charge in [-0.25, -0.2) is 0 Å². The van der Waals surface area contributed by atoms with Gasteiger partial charge >= 0.3 is 0 Å². The van der Waals surface area contributed by atoms with E-state index in [0.717, 1.165) is 51.7 Å². The molecule has 0 radical (unpaired) electrons. The zero-order chi connectivity index (χ0) is 18.0. The quantitative estimate of drug-likeness (QED) is 0.823. The maximum absolute atomic E-state index is 12.9. The second-order valence-electron chi connectivity index (χ2n) is 7.50. The molecule has 0 N–H and O–H groups in total. The Morgan fingerprint density at radius 1 is 1.36 bits per heavy atom. The molecule has 1 atom stereocenters. The third-order valence-electron chi connectivity index (χ3n) is 5.47. The van der Waals surface area contributed by atoms with E-state index in [-0.39, 0.29) is 17.2 Å². The number of carbonyl (C=O) groups excluding carboxylic acids is 2. The first-order chi connectivity index (χ1) is 11.9. The highest BCUT2D eigenvalue weighted by Crippen LogP contribution is 2.39. The number of unbranched alkanes of at least 4 members (excludes halogenated alkanes) is 1. The van der Waals surface area contributed by atoms with Crippen LogP contribution in [-0.2, 0) is 11.8 Å². The van der Waals surface area contributed by atoms with Crippen LogP contribution in [0.15, 0.2) is 6.20 Å². The molecule has 1 aromatic rings. The number of amides is 2. The summed E-state index contributed by atoms with van der Waals surface area (Å²) in [6, 6.07) is 0. The Morgan fingerprint density at radius 3 is 2.84 bits per heavy atom. The highest BCUT2D eigenvalue weighted by molar-refractivity contribution is 6.33. The van der Waals surface area contributed by atoms with Gasteiger partial charge in [0.05, 0.1) is 5.02 Å². The number of hydrogen-bond donors (Lipinski definition) is 0. The average molecular weight is 367 g/mol. The Labute approximate surface area is 154 Å². The van der Waals surface area contributed by atoms with Crippen LogP contribution in [-0.4, -0.2) is 57.6 Å². The van der Waals surface area contributed by atoms with Crippen molar-refractivity contribution in [3.63, 3.8) is 0 Å². The lowest BCUT2D eigenvalue weighted by molar-refractivity contribution is -0.139. The van der Waals surface area contributed by atoms with Crippen molar-refractivity contribution in [1.82, 2.24) is 19.6 Å². The molecule has 1 spiro atoms. The Bertz CT molecular complexity index is 660. The molecule has 2 fully saturated rings. The monoisotopic (exact) mass is 366 g/mol. The molecule has 3 heterocycles. The van der Waals surface area contributed by atoms with E-state index in [1.165, 1.54) is 0 Å². The smallest absolute Gasteiger partial charge is 0.275 e. The number of carbonyl (C=O) groups is 2. The van der Waals surface area contributed by atoms with Gasteiger partial charge in [0, 0.05) is 51.3 Å². The zero-order valence-electron chi connectivity index (χ0n) is 15.1. The van der Waals surface area contributed by atoms with E-state index in [4.69, 9.17) is 11.6 Å². The fourth-order valence-electron chi connectivity index (χ4n) is 4.12. The van der Waals surface area contributed by atoms with Crippen molar-refractivity contribution < 1.29 is 9.59 Å². The number of halogens is 1. The van der Waals surface area contributed by atoms with Crippen LogP contribution in [0.3, 0.4) is 0 Å². The molecule has 0 bridgehead atoms. The van der Waals surface area contributed by atoms with Crippen molar-refractivity contribution in [2.45, 2.75) is 45.4 Å². The molecule has 3 rings (SSSR count). The van der Waals surface area contributed by atoms with Crippen molar-refractivity contribution in [3.05, 3.63) is 16.9 Å².